The minimum atomic E-state index is -0.388. The maximum Gasteiger partial charge on any atom is 0.275 e. The van der Waals surface area contributed by atoms with Gasteiger partial charge in [0.1, 0.15) is 17.3 Å². The van der Waals surface area contributed by atoms with E-state index < -0.39 is 0 Å². The summed E-state index contributed by atoms with van der Waals surface area (Å²) in [6, 6.07) is 12.0. The molecule has 2 aromatic carbocycles. The van der Waals surface area contributed by atoms with E-state index in [-0.39, 0.29) is 17.4 Å². The maximum absolute atomic E-state index is 13.6. The van der Waals surface area contributed by atoms with E-state index in [2.05, 4.69) is 20.6 Å². The highest BCUT2D eigenvalue weighted by molar-refractivity contribution is 6.02. The molecule has 0 aliphatic carbocycles. The molecule has 0 bridgehead atoms. The van der Waals surface area contributed by atoms with Crippen LogP contribution in [0.2, 0.25) is 0 Å². The van der Waals surface area contributed by atoms with Gasteiger partial charge in [0.15, 0.2) is 0 Å². The number of halogens is 1. The fourth-order valence-corrected chi connectivity index (χ4v) is 2.45. The molecule has 126 valence electrons. The lowest BCUT2D eigenvalue weighted by atomic mass is 10.1. The second-order valence-corrected chi connectivity index (χ2v) is 5.72. The highest BCUT2D eigenvalue weighted by Crippen LogP contribution is 2.18. The number of carbonyl (C=O) groups excluding carboxylic acids is 1. The van der Waals surface area contributed by atoms with Crippen molar-refractivity contribution in [2.24, 2.45) is 0 Å². The molecule has 0 unspecified atom stereocenters. The quantitative estimate of drug-likeness (QED) is 0.748. The van der Waals surface area contributed by atoms with Crippen molar-refractivity contribution >= 4 is 23.1 Å². The Hall–Kier alpha value is -3.28. The normalized spacial score (nSPS) is 10.4. The molecule has 1 amide bonds. The standard InChI is InChI=1S/C19H17FN4O/c1-12-7-13(2)9-14(8-12)23-19(25)17-10-22-18(11-21-17)24-16-6-4-3-5-15(16)20/h3-11H,1-2H3,(H,22,24)(H,23,25). The number of amides is 1. The van der Waals surface area contributed by atoms with Gasteiger partial charge in [-0.05, 0) is 49.2 Å². The molecule has 0 aliphatic rings. The van der Waals surface area contributed by atoms with Crippen molar-refractivity contribution in [2.45, 2.75) is 13.8 Å². The topological polar surface area (TPSA) is 66.9 Å². The van der Waals surface area contributed by atoms with E-state index in [4.69, 9.17) is 0 Å². The van der Waals surface area contributed by atoms with Gasteiger partial charge in [-0.3, -0.25) is 4.79 Å². The maximum atomic E-state index is 13.6. The lowest BCUT2D eigenvalue weighted by Gasteiger charge is -2.08. The van der Waals surface area contributed by atoms with Gasteiger partial charge in [-0.25, -0.2) is 14.4 Å². The zero-order valence-electron chi connectivity index (χ0n) is 13.9. The number of aryl methyl sites for hydroxylation is 2. The average molecular weight is 336 g/mol. The summed E-state index contributed by atoms with van der Waals surface area (Å²) in [5.41, 5.74) is 3.30. The van der Waals surface area contributed by atoms with Crippen LogP contribution in [0, 0.1) is 19.7 Å². The summed E-state index contributed by atoms with van der Waals surface area (Å²) in [4.78, 5) is 20.5. The number of para-hydroxylation sites is 1. The molecule has 0 spiro atoms. The summed E-state index contributed by atoms with van der Waals surface area (Å²) in [5, 5.41) is 5.62. The summed E-state index contributed by atoms with van der Waals surface area (Å²) >= 11 is 0. The summed E-state index contributed by atoms with van der Waals surface area (Å²) in [7, 11) is 0. The van der Waals surface area contributed by atoms with Crippen LogP contribution in [0.1, 0.15) is 21.6 Å². The van der Waals surface area contributed by atoms with Crippen LogP contribution < -0.4 is 10.6 Å². The zero-order valence-corrected chi connectivity index (χ0v) is 13.9. The Morgan fingerprint density at radius 3 is 2.36 bits per heavy atom. The van der Waals surface area contributed by atoms with Crippen molar-refractivity contribution in [2.75, 3.05) is 10.6 Å². The minimum absolute atomic E-state index is 0.179. The molecule has 0 saturated carbocycles. The Bertz CT molecular complexity index is 889. The van der Waals surface area contributed by atoms with Gasteiger partial charge in [0.25, 0.3) is 5.91 Å². The molecule has 1 aromatic heterocycles. The number of nitrogens with zero attached hydrogens (tertiary/aromatic N) is 2. The third-order valence-corrected chi connectivity index (χ3v) is 3.50. The molecule has 0 aliphatic heterocycles. The molecule has 25 heavy (non-hydrogen) atoms. The number of hydrogen-bond acceptors (Lipinski definition) is 4. The van der Waals surface area contributed by atoms with E-state index in [1.54, 1.807) is 18.2 Å². The molecular weight excluding hydrogens is 319 g/mol. The average Bonchev–Trinajstić information content (AvgIpc) is 2.56. The SMILES string of the molecule is Cc1cc(C)cc(NC(=O)c2cnc(Nc3ccccc3F)cn2)c1. The van der Waals surface area contributed by atoms with Crippen LogP contribution in [0.3, 0.4) is 0 Å². The second-order valence-electron chi connectivity index (χ2n) is 5.72. The number of benzene rings is 2. The third-order valence-electron chi connectivity index (χ3n) is 3.50. The smallest absolute Gasteiger partial charge is 0.275 e. The predicted octanol–water partition coefficient (Wildman–Crippen LogP) is 4.23. The Morgan fingerprint density at radius 2 is 1.72 bits per heavy atom. The van der Waals surface area contributed by atoms with Gasteiger partial charge >= 0.3 is 0 Å². The minimum Gasteiger partial charge on any atom is -0.337 e. The fraction of sp³-hybridized carbons (Fsp3) is 0.105. The molecule has 6 heteroatoms. The summed E-state index contributed by atoms with van der Waals surface area (Å²) < 4.78 is 13.6. The van der Waals surface area contributed by atoms with Crippen LogP contribution >= 0.6 is 0 Å². The summed E-state index contributed by atoms with van der Waals surface area (Å²) in [5.74, 6) is -0.385. The molecule has 0 saturated heterocycles. The number of hydrogen-bond donors (Lipinski definition) is 2. The first-order valence-electron chi connectivity index (χ1n) is 7.74. The van der Waals surface area contributed by atoms with Gasteiger partial charge in [-0.15, -0.1) is 0 Å². The monoisotopic (exact) mass is 336 g/mol. The van der Waals surface area contributed by atoms with Crippen molar-refractivity contribution in [3.63, 3.8) is 0 Å². The van der Waals surface area contributed by atoms with Gasteiger partial charge < -0.3 is 10.6 Å². The first-order chi connectivity index (χ1) is 12.0. The van der Waals surface area contributed by atoms with Crippen LogP contribution in [0.4, 0.5) is 21.6 Å². The van der Waals surface area contributed by atoms with Gasteiger partial charge in [0.2, 0.25) is 0 Å². The summed E-state index contributed by atoms with van der Waals surface area (Å²) in [6.07, 6.45) is 2.74. The summed E-state index contributed by atoms with van der Waals surface area (Å²) in [6.45, 7) is 3.93. The van der Waals surface area contributed by atoms with E-state index in [1.807, 2.05) is 32.0 Å². The van der Waals surface area contributed by atoms with E-state index in [9.17, 15) is 9.18 Å². The van der Waals surface area contributed by atoms with E-state index in [0.29, 0.717) is 17.2 Å². The Kier molecular flexibility index (Phi) is 4.70. The van der Waals surface area contributed by atoms with Crippen molar-refractivity contribution < 1.29 is 9.18 Å². The lowest BCUT2D eigenvalue weighted by molar-refractivity contribution is 0.102. The third kappa shape index (κ3) is 4.17. The number of rotatable bonds is 4. The molecule has 3 aromatic rings. The molecule has 0 fully saturated rings. The Labute approximate surface area is 145 Å². The highest BCUT2D eigenvalue weighted by Gasteiger charge is 2.10. The van der Waals surface area contributed by atoms with Crippen molar-refractivity contribution in [1.29, 1.82) is 0 Å². The Morgan fingerprint density at radius 1 is 1.00 bits per heavy atom. The molecule has 5 nitrogen and oxygen atoms in total. The van der Waals surface area contributed by atoms with Gasteiger partial charge in [-0.2, -0.15) is 0 Å². The lowest BCUT2D eigenvalue weighted by Crippen LogP contribution is -2.14. The van der Waals surface area contributed by atoms with E-state index >= 15 is 0 Å². The van der Waals surface area contributed by atoms with Crippen LogP contribution in [-0.4, -0.2) is 15.9 Å². The van der Waals surface area contributed by atoms with E-state index in [0.717, 1.165) is 11.1 Å². The number of carbonyl (C=O) groups is 1. The van der Waals surface area contributed by atoms with Crippen molar-refractivity contribution in [1.82, 2.24) is 9.97 Å². The Balaban J connectivity index is 1.71. The van der Waals surface area contributed by atoms with Gasteiger partial charge in [0.05, 0.1) is 18.1 Å². The van der Waals surface area contributed by atoms with Gasteiger partial charge in [-0.1, -0.05) is 18.2 Å². The van der Waals surface area contributed by atoms with Crippen LogP contribution in [0.5, 0.6) is 0 Å². The highest BCUT2D eigenvalue weighted by atomic mass is 19.1. The molecule has 2 N–H and O–H groups in total. The van der Waals surface area contributed by atoms with Crippen LogP contribution in [-0.2, 0) is 0 Å². The molecule has 0 radical (unpaired) electrons. The largest absolute Gasteiger partial charge is 0.337 e. The van der Waals surface area contributed by atoms with Crippen molar-refractivity contribution in [3.05, 3.63) is 77.5 Å². The number of anilines is 3. The van der Waals surface area contributed by atoms with E-state index in [1.165, 1.54) is 18.5 Å². The van der Waals surface area contributed by atoms with Crippen LogP contribution in [0.15, 0.2) is 54.9 Å². The second kappa shape index (κ2) is 7.09. The fourth-order valence-electron chi connectivity index (χ4n) is 2.45. The number of nitrogens with one attached hydrogen (secondary N) is 2. The molecule has 1 heterocycles. The molecule has 0 atom stereocenters. The number of aromatic nitrogens is 2. The first-order valence-corrected chi connectivity index (χ1v) is 7.74. The van der Waals surface area contributed by atoms with Gasteiger partial charge in [0, 0.05) is 5.69 Å². The predicted molar refractivity (Wildman–Crippen MR) is 95.6 cm³/mol. The van der Waals surface area contributed by atoms with Crippen molar-refractivity contribution in [3.8, 4) is 0 Å². The van der Waals surface area contributed by atoms with Crippen LogP contribution in [0.25, 0.3) is 0 Å². The zero-order chi connectivity index (χ0) is 17.8. The molecule has 3 rings (SSSR count). The molecular formula is C19H17FN4O. The first kappa shape index (κ1) is 16.6.